The van der Waals surface area contributed by atoms with E-state index in [1.165, 1.54) is 11.8 Å². The first kappa shape index (κ1) is 14.1. The van der Waals surface area contributed by atoms with Crippen molar-refractivity contribution in [1.29, 1.82) is 0 Å². The monoisotopic (exact) mass is 256 g/mol. The molecule has 1 aromatic rings. The molecule has 0 fully saturated rings. The number of thioether (sulfide) groups is 1. The fourth-order valence-electron chi connectivity index (χ4n) is 1.63. The van der Waals surface area contributed by atoms with Crippen molar-refractivity contribution in [2.45, 2.75) is 51.2 Å². The van der Waals surface area contributed by atoms with Crippen LogP contribution in [0.3, 0.4) is 0 Å². The lowest BCUT2D eigenvalue weighted by atomic mass is 9.92. The Balaban J connectivity index is 3.07. The molecule has 0 unspecified atom stereocenters. The molecular weight excluding hydrogens is 236 g/mol. The van der Waals surface area contributed by atoms with E-state index in [4.69, 9.17) is 5.11 Å². The van der Waals surface area contributed by atoms with E-state index in [0.29, 0.717) is 0 Å². The molecule has 0 bridgehead atoms. The van der Waals surface area contributed by atoms with Crippen LogP contribution in [0.2, 0.25) is 0 Å². The topological polar surface area (TPSA) is 55.1 Å². The standard InChI is InChI=1S/C12H20N2O2S/c1-8(2)14-9(12(3,4)5)6-13-11(14)17-7-10(15)16/h6,8H,7H2,1-5H3,(H,15,16). The smallest absolute Gasteiger partial charge is 0.313 e. The predicted molar refractivity (Wildman–Crippen MR) is 69.7 cm³/mol. The summed E-state index contributed by atoms with van der Waals surface area (Å²) in [7, 11) is 0. The zero-order chi connectivity index (χ0) is 13.2. The van der Waals surface area contributed by atoms with Crippen molar-refractivity contribution in [1.82, 2.24) is 9.55 Å². The number of imidazole rings is 1. The normalized spacial score (nSPS) is 12.1. The Hall–Kier alpha value is -0.970. The third-order valence-electron chi connectivity index (χ3n) is 2.37. The molecule has 0 radical (unpaired) electrons. The number of aliphatic carboxylic acids is 1. The summed E-state index contributed by atoms with van der Waals surface area (Å²) < 4.78 is 2.12. The highest BCUT2D eigenvalue weighted by Gasteiger charge is 2.23. The van der Waals surface area contributed by atoms with Crippen LogP contribution in [0.5, 0.6) is 0 Å². The van der Waals surface area contributed by atoms with Gasteiger partial charge in [0.2, 0.25) is 0 Å². The number of hydrogen-bond acceptors (Lipinski definition) is 3. The number of carboxylic acid groups (broad SMARTS) is 1. The molecule has 4 nitrogen and oxygen atoms in total. The average molecular weight is 256 g/mol. The molecule has 1 rings (SSSR count). The molecule has 5 heteroatoms. The van der Waals surface area contributed by atoms with Gasteiger partial charge >= 0.3 is 5.97 Å². The van der Waals surface area contributed by atoms with Crippen LogP contribution in [-0.4, -0.2) is 26.4 Å². The second-order valence-electron chi connectivity index (χ2n) is 5.32. The Morgan fingerprint density at radius 1 is 1.53 bits per heavy atom. The van der Waals surface area contributed by atoms with E-state index in [9.17, 15) is 4.79 Å². The van der Waals surface area contributed by atoms with Gasteiger partial charge in [0.05, 0.1) is 5.75 Å². The van der Waals surface area contributed by atoms with Crippen LogP contribution in [0, 0.1) is 0 Å². The molecular formula is C12H20N2O2S. The molecule has 0 aliphatic rings. The second kappa shape index (κ2) is 5.12. The summed E-state index contributed by atoms with van der Waals surface area (Å²) in [6, 6.07) is 0.281. The van der Waals surface area contributed by atoms with Crippen molar-refractivity contribution < 1.29 is 9.90 Å². The van der Waals surface area contributed by atoms with E-state index in [1.54, 1.807) is 0 Å². The van der Waals surface area contributed by atoms with Gasteiger partial charge in [-0.15, -0.1) is 0 Å². The molecule has 1 N–H and O–H groups in total. The number of nitrogens with zero attached hydrogens (tertiary/aromatic N) is 2. The van der Waals surface area contributed by atoms with Gasteiger partial charge in [-0.2, -0.15) is 0 Å². The van der Waals surface area contributed by atoms with Gasteiger partial charge < -0.3 is 9.67 Å². The van der Waals surface area contributed by atoms with Crippen LogP contribution in [-0.2, 0) is 10.2 Å². The van der Waals surface area contributed by atoms with Crippen LogP contribution in [0.25, 0.3) is 0 Å². The van der Waals surface area contributed by atoms with Gasteiger partial charge in [0.25, 0.3) is 0 Å². The number of carboxylic acids is 1. The molecule has 0 aliphatic heterocycles. The molecule has 0 aromatic carbocycles. The van der Waals surface area contributed by atoms with Crippen molar-refractivity contribution in [2.24, 2.45) is 0 Å². The van der Waals surface area contributed by atoms with Crippen LogP contribution < -0.4 is 0 Å². The maximum atomic E-state index is 10.6. The van der Waals surface area contributed by atoms with Crippen molar-refractivity contribution >= 4 is 17.7 Å². The molecule has 0 amide bonds. The van der Waals surface area contributed by atoms with Crippen molar-refractivity contribution in [3.63, 3.8) is 0 Å². The first-order chi connectivity index (χ1) is 7.73. The molecule has 0 spiro atoms. The Morgan fingerprint density at radius 3 is 2.53 bits per heavy atom. The summed E-state index contributed by atoms with van der Waals surface area (Å²) in [4.78, 5) is 14.9. The van der Waals surface area contributed by atoms with E-state index in [-0.39, 0.29) is 17.2 Å². The highest BCUT2D eigenvalue weighted by Crippen LogP contribution is 2.30. The van der Waals surface area contributed by atoms with Gasteiger partial charge in [-0.25, -0.2) is 4.98 Å². The zero-order valence-corrected chi connectivity index (χ0v) is 11.8. The highest BCUT2D eigenvalue weighted by molar-refractivity contribution is 7.99. The number of carbonyl (C=O) groups is 1. The molecule has 1 aromatic heterocycles. The van der Waals surface area contributed by atoms with Gasteiger partial charge in [-0.05, 0) is 13.8 Å². The lowest BCUT2D eigenvalue weighted by molar-refractivity contribution is -0.133. The Bertz CT molecular complexity index is 405. The fourth-order valence-corrected chi connectivity index (χ4v) is 2.46. The van der Waals surface area contributed by atoms with E-state index < -0.39 is 5.97 Å². The minimum Gasteiger partial charge on any atom is -0.481 e. The SMILES string of the molecule is CC(C)n1c(C(C)(C)C)cnc1SCC(=O)O. The summed E-state index contributed by atoms with van der Waals surface area (Å²) >= 11 is 1.27. The minimum absolute atomic E-state index is 0.0132. The molecule has 0 saturated heterocycles. The lowest BCUT2D eigenvalue weighted by Gasteiger charge is -2.24. The summed E-state index contributed by atoms with van der Waals surface area (Å²) in [5.74, 6) is -0.765. The van der Waals surface area contributed by atoms with E-state index in [1.807, 2.05) is 6.20 Å². The van der Waals surface area contributed by atoms with E-state index in [2.05, 4.69) is 44.2 Å². The van der Waals surface area contributed by atoms with E-state index in [0.717, 1.165) is 10.9 Å². The maximum absolute atomic E-state index is 10.6. The van der Waals surface area contributed by atoms with Gasteiger partial charge in [0.15, 0.2) is 5.16 Å². The van der Waals surface area contributed by atoms with Gasteiger partial charge in [-0.3, -0.25) is 4.79 Å². The van der Waals surface area contributed by atoms with Crippen molar-refractivity contribution in [3.8, 4) is 0 Å². The summed E-state index contributed by atoms with van der Waals surface area (Å²) in [5.41, 5.74) is 1.15. The van der Waals surface area contributed by atoms with Gasteiger partial charge in [0, 0.05) is 23.3 Å². The Kier molecular flexibility index (Phi) is 4.25. The predicted octanol–water partition coefficient (Wildman–Crippen LogP) is 2.94. The third kappa shape index (κ3) is 3.49. The molecule has 17 heavy (non-hydrogen) atoms. The molecule has 0 atom stereocenters. The average Bonchev–Trinajstić information content (AvgIpc) is 2.57. The fraction of sp³-hybridized carbons (Fsp3) is 0.667. The minimum atomic E-state index is -0.814. The third-order valence-corrected chi connectivity index (χ3v) is 3.32. The first-order valence-electron chi connectivity index (χ1n) is 5.65. The number of rotatable bonds is 4. The van der Waals surface area contributed by atoms with E-state index >= 15 is 0 Å². The van der Waals surface area contributed by atoms with Crippen LogP contribution in [0.4, 0.5) is 0 Å². The van der Waals surface area contributed by atoms with Gasteiger partial charge in [0.1, 0.15) is 0 Å². The lowest BCUT2D eigenvalue weighted by Crippen LogP contribution is -2.19. The summed E-state index contributed by atoms with van der Waals surface area (Å²) in [6.07, 6.45) is 1.85. The Morgan fingerprint density at radius 2 is 2.12 bits per heavy atom. The number of hydrogen-bond donors (Lipinski definition) is 1. The molecule has 1 heterocycles. The van der Waals surface area contributed by atoms with Crippen LogP contribution in [0.15, 0.2) is 11.4 Å². The first-order valence-corrected chi connectivity index (χ1v) is 6.64. The van der Waals surface area contributed by atoms with Crippen LogP contribution >= 0.6 is 11.8 Å². The number of aromatic nitrogens is 2. The quantitative estimate of drug-likeness (QED) is 0.841. The summed E-state index contributed by atoms with van der Waals surface area (Å²) in [5, 5.41) is 9.50. The van der Waals surface area contributed by atoms with Crippen molar-refractivity contribution in [2.75, 3.05) is 5.75 Å². The molecule has 0 saturated carbocycles. The largest absolute Gasteiger partial charge is 0.481 e. The van der Waals surface area contributed by atoms with Gasteiger partial charge in [-0.1, -0.05) is 32.5 Å². The second-order valence-corrected chi connectivity index (χ2v) is 6.26. The summed E-state index contributed by atoms with van der Waals surface area (Å²) in [6.45, 7) is 10.6. The Labute approximate surface area is 106 Å². The molecule has 0 aliphatic carbocycles. The van der Waals surface area contributed by atoms with Crippen molar-refractivity contribution in [3.05, 3.63) is 11.9 Å². The molecule has 96 valence electrons. The zero-order valence-electron chi connectivity index (χ0n) is 11.0. The highest BCUT2D eigenvalue weighted by atomic mass is 32.2. The maximum Gasteiger partial charge on any atom is 0.313 e. The van der Waals surface area contributed by atoms with Crippen LogP contribution in [0.1, 0.15) is 46.4 Å².